The van der Waals surface area contributed by atoms with Gasteiger partial charge >= 0.3 is 0 Å². The summed E-state index contributed by atoms with van der Waals surface area (Å²) >= 11 is 1.15. The van der Waals surface area contributed by atoms with Crippen LogP contribution in [0.5, 0.6) is 0 Å². The highest BCUT2D eigenvalue weighted by atomic mass is 32.2. The summed E-state index contributed by atoms with van der Waals surface area (Å²) < 4.78 is 27.8. The third-order valence-corrected chi connectivity index (χ3v) is 6.92. The Morgan fingerprint density at radius 2 is 1.84 bits per heavy atom. The minimum atomic E-state index is -3.80. The van der Waals surface area contributed by atoms with E-state index >= 15 is 0 Å². The number of rotatable bonds is 6. The molecule has 5 nitrogen and oxygen atoms in total. The Balaban J connectivity index is 1.72. The van der Waals surface area contributed by atoms with Crippen molar-refractivity contribution in [2.75, 3.05) is 11.3 Å². The van der Waals surface area contributed by atoms with E-state index in [1.54, 1.807) is 17.5 Å². The first kappa shape index (κ1) is 17.9. The van der Waals surface area contributed by atoms with Gasteiger partial charge in [0, 0.05) is 12.2 Å². The first-order valence-electron chi connectivity index (χ1n) is 8.41. The summed E-state index contributed by atoms with van der Waals surface area (Å²) in [5, 5.41) is 4.52. The molecule has 1 aliphatic rings. The van der Waals surface area contributed by atoms with E-state index in [4.69, 9.17) is 0 Å². The molecule has 1 aromatic heterocycles. The quantitative estimate of drug-likeness (QED) is 0.803. The van der Waals surface area contributed by atoms with Crippen LogP contribution in [0.4, 0.5) is 5.69 Å². The van der Waals surface area contributed by atoms with Gasteiger partial charge in [-0.1, -0.05) is 30.5 Å². The predicted molar refractivity (Wildman–Crippen MR) is 101 cm³/mol. The lowest BCUT2D eigenvalue weighted by molar-refractivity contribution is 0.0948. The van der Waals surface area contributed by atoms with Gasteiger partial charge in [0.25, 0.3) is 15.9 Å². The second-order valence-electron chi connectivity index (χ2n) is 6.45. The van der Waals surface area contributed by atoms with E-state index in [1.807, 2.05) is 19.1 Å². The summed E-state index contributed by atoms with van der Waals surface area (Å²) in [4.78, 5) is 12.7. The van der Waals surface area contributed by atoms with Crippen LogP contribution in [0, 0.1) is 12.8 Å². The summed E-state index contributed by atoms with van der Waals surface area (Å²) in [7, 11) is -3.80. The van der Waals surface area contributed by atoms with Crippen LogP contribution in [0.1, 0.15) is 40.9 Å². The molecule has 0 radical (unpaired) electrons. The molecule has 1 aliphatic carbocycles. The first-order chi connectivity index (χ1) is 12.0. The van der Waals surface area contributed by atoms with Crippen molar-refractivity contribution < 1.29 is 13.2 Å². The normalized spacial score (nSPS) is 15.2. The minimum Gasteiger partial charge on any atom is -0.351 e. The summed E-state index contributed by atoms with van der Waals surface area (Å²) in [5.41, 5.74) is 1.53. The van der Waals surface area contributed by atoms with E-state index in [-0.39, 0.29) is 15.7 Å². The number of hydrogen-bond donors (Lipinski definition) is 2. The van der Waals surface area contributed by atoms with E-state index in [0.717, 1.165) is 29.7 Å². The maximum absolute atomic E-state index is 12.6. The van der Waals surface area contributed by atoms with Crippen molar-refractivity contribution in [2.45, 2.75) is 37.5 Å². The van der Waals surface area contributed by atoms with E-state index in [9.17, 15) is 13.2 Å². The Hall–Kier alpha value is -1.86. The molecule has 3 rings (SSSR count). The fourth-order valence-electron chi connectivity index (χ4n) is 3.04. The summed E-state index contributed by atoms with van der Waals surface area (Å²) in [6.07, 6.45) is 4.68. The number of thiophene rings is 1. The molecular weight excluding hydrogens is 356 g/mol. The van der Waals surface area contributed by atoms with E-state index in [1.165, 1.54) is 18.9 Å². The van der Waals surface area contributed by atoms with Crippen molar-refractivity contribution >= 4 is 33.0 Å². The number of hydrogen-bond acceptors (Lipinski definition) is 4. The van der Waals surface area contributed by atoms with Crippen molar-refractivity contribution in [3.63, 3.8) is 0 Å². The fraction of sp³-hybridized carbons (Fsp3) is 0.389. The molecule has 7 heteroatoms. The van der Waals surface area contributed by atoms with Gasteiger partial charge in [0.2, 0.25) is 0 Å². The van der Waals surface area contributed by atoms with Crippen molar-refractivity contribution in [3.05, 3.63) is 46.2 Å². The fourth-order valence-corrected chi connectivity index (χ4v) is 5.44. The van der Waals surface area contributed by atoms with Gasteiger partial charge in [-0.3, -0.25) is 9.52 Å². The summed E-state index contributed by atoms with van der Waals surface area (Å²) in [6, 6.07) is 8.56. The number of sulfonamides is 1. The zero-order valence-electron chi connectivity index (χ0n) is 14.1. The average molecular weight is 379 g/mol. The molecule has 0 spiro atoms. The molecule has 1 fully saturated rings. The van der Waals surface area contributed by atoms with Crippen molar-refractivity contribution in [1.82, 2.24) is 5.32 Å². The SMILES string of the molecule is Cc1ccc(NS(=O)(=O)c2ccsc2C(=O)NCC2CCCC2)cc1. The van der Waals surface area contributed by atoms with Gasteiger partial charge in [-0.15, -0.1) is 11.3 Å². The van der Waals surface area contributed by atoms with Gasteiger partial charge in [-0.05, 0) is 49.3 Å². The Morgan fingerprint density at radius 1 is 1.16 bits per heavy atom. The van der Waals surface area contributed by atoms with Crippen molar-refractivity contribution in [3.8, 4) is 0 Å². The van der Waals surface area contributed by atoms with Crippen LogP contribution in [0.25, 0.3) is 0 Å². The molecule has 1 aromatic carbocycles. The highest BCUT2D eigenvalue weighted by Crippen LogP contribution is 2.26. The summed E-state index contributed by atoms with van der Waals surface area (Å²) in [5.74, 6) is 0.195. The molecule has 25 heavy (non-hydrogen) atoms. The number of nitrogens with one attached hydrogen (secondary N) is 2. The van der Waals surface area contributed by atoms with Gasteiger partial charge in [-0.2, -0.15) is 0 Å². The number of amides is 1. The van der Waals surface area contributed by atoms with Crippen LogP contribution >= 0.6 is 11.3 Å². The number of benzene rings is 1. The molecule has 1 amide bonds. The molecule has 2 N–H and O–H groups in total. The maximum Gasteiger partial charge on any atom is 0.263 e. The van der Waals surface area contributed by atoms with E-state index in [2.05, 4.69) is 10.0 Å². The maximum atomic E-state index is 12.6. The predicted octanol–water partition coefficient (Wildman–Crippen LogP) is 3.78. The Bertz CT molecular complexity index is 835. The van der Waals surface area contributed by atoms with Crippen LogP contribution in [0.3, 0.4) is 0 Å². The van der Waals surface area contributed by atoms with Gasteiger partial charge in [0.15, 0.2) is 0 Å². The van der Waals surface area contributed by atoms with Gasteiger partial charge in [0.1, 0.15) is 9.77 Å². The van der Waals surface area contributed by atoms with E-state index < -0.39 is 10.0 Å². The molecule has 1 saturated carbocycles. The number of anilines is 1. The van der Waals surface area contributed by atoms with Crippen LogP contribution in [0.15, 0.2) is 40.6 Å². The van der Waals surface area contributed by atoms with E-state index in [0.29, 0.717) is 18.2 Å². The lowest BCUT2D eigenvalue weighted by Gasteiger charge is -2.12. The average Bonchev–Trinajstić information content (AvgIpc) is 3.26. The molecule has 134 valence electrons. The largest absolute Gasteiger partial charge is 0.351 e. The number of aryl methyl sites for hydroxylation is 1. The molecule has 0 saturated heterocycles. The molecule has 0 unspecified atom stereocenters. The van der Waals surface area contributed by atoms with Crippen LogP contribution < -0.4 is 10.0 Å². The molecular formula is C18H22N2O3S2. The van der Waals surface area contributed by atoms with Gasteiger partial charge < -0.3 is 5.32 Å². The highest BCUT2D eigenvalue weighted by molar-refractivity contribution is 7.93. The van der Waals surface area contributed by atoms with Crippen LogP contribution in [-0.2, 0) is 10.0 Å². The molecule has 0 aliphatic heterocycles. The zero-order valence-corrected chi connectivity index (χ0v) is 15.8. The topological polar surface area (TPSA) is 75.3 Å². The first-order valence-corrected chi connectivity index (χ1v) is 10.8. The zero-order chi connectivity index (χ0) is 17.9. The second-order valence-corrected chi connectivity index (χ2v) is 9.01. The lowest BCUT2D eigenvalue weighted by Crippen LogP contribution is -2.29. The van der Waals surface area contributed by atoms with Crippen molar-refractivity contribution in [2.24, 2.45) is 5.92 Å². The van der Waals surface area contributed by atoms with Crippen LogP contribution in [0.2, 0.25) is 0 Å². The summed E-state index contributed by atoms with van der Waals surface area (Å²) in [6.45, 7) is 2.55. The van der Waals surface area contributed by atoms with Crippen LogP contribution in [-0.4, -0.2) is 20.9 Å². The lowest BCUT2D eigenvalue weighted by atomic mass is 10.1. The highest BCUT2D eigenvalue weighted by Gasteiger charge is 2.25. The van der Waals surface area contributed by atoms with Gasteiger partial charge in [0.05, 0.1) is 0 Å². The van der Waals surface area contributed by atoms with Crippen molar-refractivity contribution in [1.29, 1.82) is 0 Å². The minimum absolute atomic E-state index is 0.0296. The molecule has 2 aromatic rings. The smallest absolute Gasteiger partial charge is 0.263 e. The Kier molecular flexibility index (Phi) is 5.44. The molecule has 1 heterocycles. The number of carbonyl (C=O) groups excluding carboxylic acids is 1. The molecule has 0 bridgehead atoms. The third kappa shape index (κ3) is 4.41. The Labute approximate surface area is 152 Å². The van der Waals surface area contributed by atoms with Gasteiger partial charge in [-0.25, -0.2) is 8.42 Å². The second kappa shape index (κ2) is 7.58. The number of carbonyl (C=O) groups is 1. The monoisotopic (exact) mass is 378 g/mol. The molecule has 0 atom stereocenters. The Morgan fingerprint density at radius 3 is 2.52 bits per heavy atom. The standard InChI is InChI=1S/C18H22N2O3S2/c1-13-6-8-15(9-7-13)20-25(22,23)16-10-11-24-17(16)18(21)19-12-14-4-2-3-5-14/h6-11,14,20H,2-5,12H2,1H3,(H,19,21). The third-order valence-electron chi connectivity index (χ3n) is 4.45.